The van der Waals surface area contributed by atoms with Crippen LogP contribution in [0.5, 0.6) is 0 Å². The van der Waals surface area contributed by atoms with Gasteiger partial charge >= 0.3 is 0 Å². The number of halogens is 1. The summed E-state index contributed by atoms with van der Waals surface area (Å²) in [5.41, 5.74) is 3.35. The molecule has 1 unspecified atom stereocenters. The van der Waals surface area contributed by atoms with Crippen LogP contribution in [0.3, 0.4) is 0 Å². The Balaban J connectivity index is 1.69. The summed E-state index contributed by atoms with van der Waals surface area (Å²) in [6.45, 7) is 6.53. The number of carbonyl (C=O) groups excluding carboxylic acids is 2. The number of hydrogen-bond donors (Lipinski definition) is 1. The van der Waals surface area contributed by atoms with Crippen LogP contribution in [0.15, 0.2) is 48.5 Å². The molecular weight excluding hydrogens is 420 g/mol. The van der Waals surface area contributed by atoms with E-state index < -0.39 is 6.04 Å². The highest BCUT2D eigenvalue weighted by atomic mass is 35.5. The first kappa shape index (κ1) is 24.3. The van der Waals surface area contributed by atoms with E-state index in [-0.39, 0.29) is 17.9 Å². The van der Waals surface area contributed by atoms with Gasteiger partial charge in [0.2, 0.25) is 11.8 Å². The normalized spacial score (nSPS) is 15.0. The molecule has 1 fully saturated rings. The summed E-state index contributed by atoms with van der Waals surface area (Å²) in [4.78, 5) is 27.9. The van der Waals surface area contributed by atoms with Crippen molar-refractivity contribution in [3.8, 4) is 0 Å². The third kappa shape index (κ3) is 6.83. The second-order valence-corrected chi connectivity index (χ2v) is 9.65. The first-order valence-electron chi connectivity index (χ1n) is 11.8. The van der Waals surface area contributed by atoms with Crippen molar-refractivity contribution in [3.05, 3.63) is 70.2 Å². The zero-order valence-electron chi connectivity index (χ0n) is 19.4. The average Bonchev–Trinajstić information content (AvgIpc) is 3.28. The lowest BCUT2D eigenvalue weighted by Gasteiger charge is -2.30. The van der Waals surface area contributed by atoms with Crippen molar-refractivity contribution >= 4 is 23.4 Å². The molecule has 5 heteroatoms. The van der Waals surface area contributed by atoms with Gasteiger partial charge in [-0.1, -0.05) is 74.7 Å². The van der Waals surface area contributed by atoms with E-state index in [4.69, 9.17) is 11.6 Å². The minimum Gasteiger partial charge on any atom is -0.352 e. The van der Waals surface area contributed by atoms with E-state index in [2.05, 4.69) is 43.4 Å². The average molecular weight is 455 g/mol. The maximum Gasteiger partial charge on any atom is 0.242 e. The summed E-state index contributed by atoms with van der Waals surface area (Å²) in [5, 5.41) is 3.77. The number of rotatable bonds is 9. The molecule has 0 aromatic heterocycles. The lowest BCUT2D eigenvalue weighted by Crippen LogP contribution is -2.49. The second kappa shape index (κ2) is 11.5. The Kier molecular flexibility index (Phi) is 8.75. The zero-order valence-corrected chi connectivity index (χ0v) is 20.2. The van der Waals surface area contributed by atoms with Crippen molar-refractivity contribution in [2.45, 2.75) is 83.8 Å². The molecule has 3 rings (SSSR count). The Labute approximate surface area is 197 Å². The van der Waals surface area contributed by atoms with E-state index in [9.17, 15) is 9.59 Å². The van der Waals surface area contributed by atoms with Crippen LogP contribution in [0, 0.1) is 0 Å². The first-order valence-corrected chi connectivity index (χ1v) is 12.1. The number of carbonyl (C=O) groups is 2. The molecule has 0 heterocycles. The quantitative estimate of drug-likeness (QED) is 0.514. The fourth-order valence-electron chi connectivity index (χ4n) is 4.27. The van der Waals surface area contributed by atoms with Crippen LogP contribution in [-0.2, 0) is 22.6 Å². The van der Waals surface area contributed by atoms with Crippen LogP contribution in [0.25, 0.3) is 0 Å². The van der Waals surface area contributed by atoms with E-state index >= 15 is 0 Å². The Morgan fingerprint density at radius 3 is 2.34 bits per heavy atom. The molecule has 0 saturated heterocycles. The van der Waals surface area contributed by atoms with Gasteiger partial charge in [-0.3, -0.25) is 9.59 Å². The molecule has 2 amide bonds. The predicted molar refractivity (Wildman–Crippen MR) is 131 cm³/mol. The first-order chi connectivity index (χ1) is 15.3. The molecule has 0 radical (unpaired) electrons. The zero-order chi connectivity index (χ0) is 23.1. The van der Waals surface area contributed by atoms with Gasteiger partial charge in [-0.05, 0) is 60.9 Å². The smallest absolute Gasteiger partial charge is 0.242 e. The molecule has 1 aliphatic rings. The van der Waals surface area contributed by atoms with Gasteiger partial charge in [0, 0.05) is 24.0 Å². The van der Waals surface area contributed by atoms with Crippen LogP contribution in [-0.4, -0.2) is 28.8 Å². The topological polar surface area (TPSA) is 49.4 Å². The van der Waals surface area contributed by atoms with Crippen LogP contribution < -0.4 is 5.32 Å². The fraction of sp³-hybridized carbons (Fsp3) is 0.481. The number of nitrogens with zero attached hydrogens (tertiary/aromatic N) is 1. The minimum atomic E-state index is -0.537. The summed E-state index contributed by atoms with van der Waals surface area (Å²) in [6.07, 6.45) is 5.36. The molecule has 0 aliphatic heterocycles. The van der Waals surface area contributed by atoms with Crippen molar-refractivity contribution in [3.63, 3.8) is 0 Å². The summed E-state index contributed by atoms with van der Waals surface area (Å²) in [7, 11) is 0. The van der Waals surface area contributed by atoms with Crippen molar-refractivity contribution in [2.75, 3.05) is 0 Å². The molecule has 4 nitrogen and oxygen atoms in total. The van der Waals surface area contributed by atoms with Gasteiger partial charge in [0.25, 0.3) is 0 Å². The lowest BCUT2D eigenvalue weighted by atomic mass is 10.00. The molecule has 1 atom stereocenters. The molecule has 1 saturated carbocycles. The summed E-state index contributed by atoms with van der Waals surface area (Å²) in [6, 6.07) is 15.6. The maximum absolute atomic E-state index is 13.3. The summed E-state index contributed by atoms with van der Waals surface area (Å²) >= 11 is 6.16. The predicted octanol–water partition coefficient (Wildman–Crippen LogP) is 5.87. The van der Waals surface area contributed by atoms with E-state index in [1.54, 1.807) is 4.90 Å². The van der Waals surface area contributed by atoms with Gasteiger partial charge in [0.1, 0.15) is 6.04 Å². The van der Waals surface area contributed by atoms with Crippen molar-refractivity contribution in [1.82, 2.24) is 10.2 Å². The number of aryl methyl sites for hydroxylation is 1. The van der Waals surface area contributed by atoms with E-state index in [1.165, 1.54) is 5.56 Å². The van der Waals surface area contributed by atoms with Crippen LogP contribution >= 0.6 is 11.6 Å². The molecule has 1 aliphatic carbocycles. The third-order valence-corrected chi connectivity index (χ3v) is 6.62. The monoisotopic (exact) mass is 454 g/mol. The number of hydrogen-bond acceptors (Lipinski definition) is 2. The highest BCUT2D eigenvalue weighted by Crippen LogP contribution is 2.20. The van der Waals surface area contributed by atoms with Gasteiger partial charge in [-0.2, -0.15) is 0 Å². The largest absolute Gasteiger partial charge is 0.352 e. The van der Waals surface area contributed by atoms with E-state index in [0.29, 0.717) is 30.3 Å². The molecular formula is C27H35ClN2O2. The van der Waals surface area contributed by atoms with Gasteiger partial charge in [0.05, 0.1) is 0 Å². The number of benzene rings is 2. The standard InChI is InChI=1S/C27H35ClN2O2/c1-19(2)23-14-11-21(12-15-23)13-16-26(31)30(18-22-7-6-8-24(28)17-22)20(3)27(32)29-25-9-4-5-10-25/h6-8,11-12,14-15,17,19-20,25H,4-5,9-10,13,16,18H2,1-3H3,(H,29,32). The van der Waals surface area contributed by atoms with Crippen molar-refractivity contribution < 1.29 is 9.59 Å². The molecule has 32 heavy (non-hydrogen) atoms. The molecule has 2 aromatic carbocycles. The van der Waals surface area contributed by atoms with Crippen molar-refractivity contribution in [2.24, 2.45) is 0 Å². The Morgan fingerprint density at radius 1 is 1.03 bits per heavy atom. The van der Waals surface area contributed by atoms with Crippen LogP contribution in [0.4, 0.5) is 0 Å². The molecule has 1 N–H and O–H groups in total. The molecule has 0 spiro atoms. The third-order valence-electron chi connectivity index (χ3n) is 6.38. The molecule has 0 bridgehead atoms. The second-order valence-electron chi connectivity index (χ2n) is 9.21. The van der Waals surface area contributed by atoms with Crippen molar-refractivity contribution in [1.29, 1.82) is 0 Å². The number of amides is 2. The highest BCUT2D eigenvalue weighted by molar-refractivity contribution is 6.30. The minimum absolute atomic E-state index is 0.0213. The van der Waals surface area contributed by atoms with Crippen LogP contribution in [0.1, 0.15) is 75.5 Å². The molecule has 2 aromatic rings. The Morgan fingerprint density at radius 2 is 1.72 bits per heavy atom. The summed E-state index contributed by atoms with van der Waals surface area (Å²) < 4.78 is 0. The van der Waals surface area contributed by atoms with Gasteiger partial charge in [-0.25, -0.2) is 0 Å². The maximum atomic E-state index is 13.3. The lowest BCUT2D eigenvalue weighted by molar-refractivity contribution is -0.140. The van der Waals surface area contributed by atoms with Crippen LogP contribution in [0.2, 0.25) is 5.02 Å². The van der Waals surface area contributed by atoms with E-state index in [1.807, 2.05) is 31.2 Å². The van der Waals surface area contributed by atoms with Gasteiger partial charge < -0.3 is 10.2 Å². The fourth-order valence-corrected chi connectivity index (χ4v) is 4.48. The Bertz CT molecular complexity index is 904. The molecule has 172 valence electrons. The van der Waals surface area contributed by atoms with E-state index in [0.717, 1.165) is 36.8 Å². The highest BCUT2D eigenvalue weighted by Gasteiger charge is 2.28. The number of nitrogens with one attached hydrogen (secondary N) is 1. The van der Waals surface area contributed by atoms with Gasteiger partial charge in [-0.15, -0.1) is 0 Å². The summed E-state index contributed by atoms with van der Waals surface area (Å²) in [5.74, 6) is 0.388. The van der Waals surface area contributed by atoms with Gasteiger partial charge in [0.15, 0.2) is 0 Å². The SMILES string of the molecule is CC(C)c1ccc(CCC(=O)N(Cc2cccc(Cl)c2)C(C)C(=O)NC2CCCC2)cc1. The Hall–Kier alpha value is -2.33.